The zero-order valence-electron chi connectivity index (χ0n) is 12.7. The van der Waals surface area contributed by atoms with Crippen molar-refractivity contribution in [2.75, 3.05) is 11.1 Å². The molecule has 0 aliphatic heterocycles. The minimum Gasteiger partial charge on any atom is -0.384 e. The molecule has 0 aliphatic rings. The monoisotopic (exact) mass is 318 g/mol. The van der Waals surface area contributed by atoms with E-state index in [-0.39, 0.29) is 0 Å². The highest BCUT2D eigenvalue weighted by atomic mass is 16.5. The maximum absolute atomic E-state index is 5.68. The number of pyridine rings is 1. The largest absolute Gasteiger partial charge is 0.384 e. The van der Waals surface area contributed by atoms with Gasteiger partial charge in [0.15, 0.2) is 11.4 Å². The molecule has 4 rings (SSSR count). The third kappa shape index (κ3) is 2.74. The van der Waals surface area contributed by atoms with Crippen molar-refractivity contribution in [3.05, 3.63) is 60.6 Å². The quantitative estimate of drug-likeness (QED) is 0.596. The van der Waals surface area contributed by atoms with Crippen LogP contribution >= 0.6 is 0 Å². The zero-order chi connectivity index (χ0) is 16.4. The summed E-state index contributed by atoms with van der Waals surface area (Å²) in [6, 6.07) is 15.3. The molecule has 0 bridgehead atoms. The maximum atomic E-state index is 5.68. The summed E-state index contributed by atoms with van der Waals surface area (Å²) in [4.78, 5) is 12.6. The van der Waals surface area contributed by atoms with Gasteiger partial charge in [-0.2, -0.15) is 0 Å². The topological polar surface area (TPSA) is 103 Å². The van der Waals surface area contributed by atoms with Crippen LogP contribution in [0.4, 0.5) is 11.6 Å². The SMILES string of the molecule is Nc1ccc2c(NCc3cc(-c4ccccc4)on3)ncnc2n1. The number of nitrogens with two attached hydrogens (primary N) is 1. The lowest BCUT2D eigenvalue weighted by Crippen LogP contribution is -2.03. The van der Waals surface area contributed by atoms with Gasteiger partial charge >= 0.3 is 0 Å². The van der Waals surface area contributed by atoms with Gasteiger partial charge in [-0.15, -0.1) is 0 Å². The van der Waals surface area contributed by atoms with Gasteiger partial charge < -0.3 is 15.6 Å². The summed E-state index contributed by atoms with van der Waals surface area (Å²) in [6.45, 7) is 0.479. The number of fused-ring (bicyclic) bond motifs is 1. The number of benzene rings is 1. The molecule has 0 saturated heterocycles. The van der Waals surface area contributed by atoms with Crippen LogP contribution in [0, 0.1) is 0 Å². The van der Waals surface area contributed by atoms with E-state index < -0.39 is 0 Å². The molecule has 0 radical (unpaired) electrons. The van der Waals surface area contributed by atoms with Crippen molar-refractivity contribution in [1.82, 2.24) is 20.1 Å². The first-order valence-electron chi connectivity index (χ1n) is 7.42. The summed E-state index contributed by atoms with van der Waals surface area (Å²) < 4.78 is 5.39. The Kier molecular flexibility index (Phi) is 3.51. The van der Waals surface area contributed by atoms with E-state index in [1.165, 1.54) is 6.33 Å². The molecule has 0 fully saturated rings. The molecule has 7 heteroatoms. The first-order chi connectivity index (χ1) is 11.8. The van der Waals surface area contributed by atoms with Crippen LogP contribution in [0.25, 0.3) is 22.4 Å². The molecule has 0 unspecified atom stereocenters. The Morgan fingerprint density at radius 2 is 1.92 bits per heavy atom. The molecule has 3 aromatic heterocycles. The van der Waals surface area contributed by atoms with Crippen LogP contribution in [0.15, 0.2) is 59.4 Å². The third-order valence-corrected chi connectivity index (χ3v) is 3.57. The van der Waals surface area contributed by atoms with Gasteiger partial charge in [-0.1, -0.05) is 35.5 Å². The molecule has 3 N–H and O–H groups in total. The summed E-state index contributed by atoms with van der Waals surface area (Å²) >= 11 is 0. The zero-order valence-corrected chi connectivity index (χ0v) is 12.7. The minimum atomic E-state index is 0.427. The molecule has 24 heavy (non-hydrogen) atoms. The van der Waals surface area contributed by atoms with E-state index in [0.717, 1.165) is 22.4 Å². The van der Waals surface area contributed by atoms with Crippen molar-refractivity contribution in [3.63, 3.8) is 0 Å². The number of nitrogens with zero attached hydrogens (tertiary/aromatic N) is 4. The molecular weight excluding hydrogens is 304 g/mol. The van der Waals surface area contributed by atoms with Gasteiger partial charge in [0.05, 0.1) is 11.9 Å². The van der Waals surface area contributed by atoms with Crippen molar-refractivity contribution < 1.29 is 4.52 Å². The normalized spacial score (nSPS) is 10.8. The van der Waals surface area contributed by atoms with Crippen LogP contribution in [-0.2, 0) is 6.54 Å². The van der Waals surface area contributed by atoms with Gasteiger partial charge in [-0.3, -0.25) is 0 Å². The van der Waals surface area contributed by atoms with Crippen LogP contribution in [-0.4, -0.2) is 20.1 Å². The second-order valence-electron chi connectivity index (χ2n) is 5.23. The lowest BCUT2D eigenvalue weighted by atomic mass is 10.2. The van der Waals surface area contributed by atoms with Crippen molar-refractivity contribution in [2.45, 2.75) is 6.54 Å². The van der Waals surface area contributed by atoms with E-state index in [0.29, 0.717) is 23.8 Å². The van der Waals surface area contributed by atoms with E-state index in [1.54, 1.807) is 6.07 Å². The predicted molar refractivity (Wildman–Crippen MR) is 91.0 cm³/mol. The summed E-state index contributed by atoms with van der Waals surface area (Å²) in [6.07, 6.45) is 1.45. The second kappa shape index (κ2) is 5.96. The number of hydrogen-bond acceptors (Lipinski definition) is 7. The molecular formula is C17H14N6O. The number of nitrogens with one attached hydrogen (secondary N) is 1. The number of anilines is 2. The number of aromatic nitrogens is 4. The lowest BCUT2D eigenvalue weighted by Gasteiger charge is -2.06. The standard InChI is InChI=1S/C17H14N6O/c18-15-7-6-13-16(20-10-21-17(13)22-15)19-9-12-8-14(24-23-12)11-4-2-1-3-5-11/h1-8,10H,9H2,(H3,18,19,20,21,22). The highest BCUT2D eigenvalue weighted by Gasteiger charge is 2.08. The molecule has 1 aromatic carbocycles. The van der Waals surface area contributed by atoms with Crippen molar-refractivity contribution in [3.8, 4) is 11.3 Å². The number of rotatable bonds is 4. The van der Waals surface area contributed by atoms with Crippen molar-refractivity contribution in [2.24, 2.45) is 0 Å². The van der Waals surface area contributed by atoms with E-state index >= 15 is 0 Å². The van der Waals surface area contributed by atoms with Crippen LogP contribution in [0.5, 0.6) is 0 Å². The molecule has 0 amide bonds. The molecule has 4 aromatic rings. The molecule has 0 aliphatic carbocycles. The Bertz CT molecular complexity index is 983. The van der Waals surface area contributed by atoms with Crippen LogP contribution in [0.3, 0.4) is 0 Å². The second-order valence-corrected chi connectivity index (χ2v) is 5.23. The Morgan fingerprint density at radius 3 is 2.79 bits per heavy atom. The van der Waals surface area contributed by atoms with Gasteiger partial charge in [-0.25, -0.2) is 15.0 Å². The van der Waals surface area contributed by atoms with Crippen molar-refractivity contribution >= 4 is 22.7 Å². The van der Waals surface area contributed by atoms with Crippen LogP contribution in [0.1, 0.15) is 5.69 Å². The average Bonchev–Trinajstić information content (AvgIpc) is 3.09. The van der Waals surface area contributed by atoms with E-state index in [2.05, 4.69) is 25.4 Å². The highest BCUT2D eigenvalue weighted by Crippen LogP contribution is 2.22. The lowest BCUT2D eigenvalue weighted by molar-refractivity contribution is 0.424. The molecule has 118 valence electrons. The predicted octanol–water partition coefficient (Wildman–Crippen LogP) is 2.87. The number of nitrogen functional groups attached to an aromatic ring is 1. The minimum absolute atomic E-state index is 0.427. The summed E-state index contributed by atoms with van der Waals surface area (Å²) in [5.41, 5.74) is 8.01. The van der Waals surface area contributed by atoms with E-state index in [9.17, 15) is 0 Å². The van der Waals surface area contributed by atoms with Gasteiger partial charge in [-0.05, 0) is 12.1 Å². The molecule has 7 nitrogen and oxygen atoms in total. The Hall–Kier alpha value is -3.48. The molecule has 0 atom stereocenters. The van der Waals surface area contributed by atoms with Gasteiger partial charge in [0.2, 0.25) is 0 Å². The maximum Gasteiger partial charge on any atom is 0.167 e. The van der Waals surface area contributed by atoms with Gasteiger partial charge in [0.25, 0.3) is 0 Å². The Morgan fingerprint density at radius 1 is 1.04 bits per heavy atom. The summed E-state index contributed by atoms with van der Waals surface area (Å²) in [7, 11) is 0. The number of hydrogen-bond donors (Lipinski definition) is 2. The smallest absolute Gasteiger partial charge is 0.167 e. The Labute approximate surface area is 137 Å². The summed E-state index contributed by atoms with van der Waals surface area (Å²) in [5, 5.41) is 8.12. The Balaban J connectivity index is 1.55. The van der Waals surface area contributed by atoms with Crippen LogP contribution in [0.2, 0.25) is 0 Å². The van der Waals surface area contributed by atoms with E-state index in [4.69, 9.17) is 10.3 Å². The van der Waals surface area contributed by atoms with Gasteiger partial charge in [0, 0.05) is 11.6 Å². The fraction of sp³-hybridized carbons (Fsp3) is 0.0588. The fourth-order valence-electron chi connectivity index (χ4n) is 2.41. The third-order valence-electron chi connectivity index (χ3n) is 3.57. The summed E-state index contributed by atoms with van der Waals surface area (Å²) in [5.74, 6) is 1.84. The molecule has 0 saturated carbocycles. The van der Waals surface area contributed by atoms with Gasteiger partial charge in [0.1, 0.15) is 23.7 Å². The molecule has 0 spiro atoms. The molecule has 3 heterocycles. The highest BCUT2D eigenvalue weighted by molar-refractivity contribution is 5.87. The first kappa shape index (κ1) is 14.1. The average molecular weight is 318 g/mol. The first-order valence-corrected chi connectivity index (χ1v) is 7.42. The van der Waals surface area contributed by atoms with Crippen LogP contribution < -0.4 is 11.1 Å². The fourth-order valence-corrected chi connectivity index (χ4v) is 2.41. The van der Waals surface area contributed by atoms with Crippen molar-refractivity contribution in [1.29, 1.82) is 0 Å². The van der Waals surface area contributed by atoms with E-state index in [1.807, 2.05) is 42.5 Å².